The van der Waals surface area contributed by atoms with Crippen molar-refractivity contribution in [2.45, 2.75) is 71.8 Å². The lowest BCUT2D eigenvalue weighted by Gasteiger charge is -2.28. The van der Waals surface area contributed by atoms with E-state index in [4.69, 9.17) is 5.10 Å². The minimum Gasteiger partial charge on any atom is -0.507 e. The number of aromatic nitrogens is 3. The number of fused-ring (bicyclic) bond motifs is 1. The molecule has 0 aliphatic carbocycles. The summed E-state index contributed by atoms with van der Waals surface area (Å²) >= 11 is 1.42. The topological polar surface area (TPSA) is 70.7 Å². The quantitative estimate of drug-likeness (QED) is 0.638. The molecule has 0 saturated carbocycles. The first-order valence-corrected chi connectivity index (χ1v) is 11.8. The van der Waals surface area contributed by atoms with Gasteiger partial charge in [-0.25, -0.2) is 4.52 Å². The van der Waals surface area contributed by atoms with Crippen LogP contribution in [-0.4, -0.2) is 37.7 Å². The second kappa shape index (κ2) is 7.71. The Kier molecular flexibility index (Phi) is 5.46. The van der Waals surface area contributed by atoms with E-state index in [1.165, 1.54) is 24.2 Å². The summed E-state index contributed by atoms with van der Waals surface area (Å²) in [6.07, 6.45) is 2.33. The van der Waals surface area contributed by atoms with Crippen molar-refractivity contribution in [1.82, 2.24) is 19.5 Å². The van der Waals surface area contributed by atoms with Gasteiger partial charge in [0.05, 0.1) is 5.69 Å². The van der Waals surface area contributed by atoms with Gasteiger partial charge in [-0.1, -0.05) is 41.5 Å². The first kappa shape index (κ1) is 22.0. The smallest absolute Gasteiger partial charge is 0.297 e. The number of hydrogen-bond donors (Lipinski definition) is 1. The molecule has 3 heterocycles. The Morgan fingerprint density at radius 2 is 1.61 bits per heavy atom. The predicted molar refractivity (Wildman–Crippen MR) is 126 cm³/mol. The first-order chi connectivity index (χ1) is 14.4. The summed E-state index contributed by atoms with van der Waals surface area (Å²) in [5, 5.41) is 17.8. The molecule has 31 heavy (non-hydrogen) atoms. The second-order valence-electron chi connectivity index (χ2n) is 10.6. The molecule has 0 bridgehead atoms. The van der Waals surface area contributed by atoms with Gasteiger partial charge in [0.25, 0.3) is 5.56 Å². The van der Waals surface area contributed by atoms with Crippen LogP contribution in [0.4, 0.5) is 0 Å². The average Bonchev–Trinajstić information content (AvgIpc) is 3.30. The summed E-state index contributed by atoms with van der Waals surface area (Å²) in [7, 11) is 0. The van der Waals surface area contributed by atoms with Gasteiger partial charge in [-0.15, -0.1) is 11.3 Å². The largest absolute Gasteiger partial charge is 0.507 e. The maximum atomic E-state index is 12.5. The molecule has 0 amide bonds. The van der Waals surface area contributed by atoms with Crippen molar-refractivity contribution in [3.8, 4) is 17.0 Å². The lowest BCUT2D eigenvalue weighted by Crippen LogP contribution is -2.27. The van der Waals surface area contributed by atoms with Gasteiger partial charge in [0.15, 0.2) is 0 Å². The van der Waals surface area contributed by atoms with Gasteiger partial charge < -0.3 is 5.11 Å². The zero-order valence-corrected chi connectivity index (χ0v) is 20.1. The Morgan fingerprint density at radius 3 is 2.16 bits per heavy atom. The predicted octanol–water partition coefficient (Wildman–Crippen LogP) is 4.71. The zero-order chi connectivity index (χ0) is 22.6. The molecule has 7 heteroatoms. The third kappa shape index (κ3) is 4.26. The van der Waals surface area contributed by atoms with Crippen LogP contribution in [0.25, 0.3) is 16.2 Å². The number of aromatic hydroxyl groups is 1. The molecule has 166 valence electrons. The molecule has 1 aliphatic heterocycles. The van der Waals surface area contributed by atoms with E-state index in [2.05, 4.69) is 51.4 Å². The van der Waals surface area contributed by atoms with Crippen LogP contribution in [0.3, 0.4) is 0 Å². The van der Waals surface area contributed by atoms with Crippen LogP contribution in [0.1, 0.15) is 71.2 Å². The van der Waals surface area contributed by atoms with E-state index < -0.39 is 0 Å². The van der Waals surface area contributed by atoms with Crippen LogP contribution < -0.4 is 5.56 Å². The van der Waals surface area contributed by atoms with E-state index in [0.717, 1.165) is 35.5 Å². The highest BCUT2D eigenvalue weighted by Gasteiger charge is 2.27. The molecule has 1 N–H and O–H groups in total. The van der Waals surface area contributed by atoms with Crippen LogP contribution in [0, 0.1) is 0 Å². The fraction of sp³-hybridized carbons (Fsp3) is 0.542. The number of thiazole rings is 1. The molecule has 3 aromatic rings. The molecule has 1 saturated heterocycles. The van der Waals surface area contributed by atoms with Crippen LogP contribution in [-0.2, 0) is 17.4 Å². The lowest BCUT2D eigenvalue weighted by molar-refractivity contribution is 0.323. The monoisotopic (exact) mass is 440 g/mol. The minimum absolute atomic E-state index is 0.217. The number of hydrogen-bond acceptors (Lipinski definition) is 6. The number of phenols is 1. The molecule has 1 aliphatic rings. The Morgan fingerprint density at radius 1 is 1.03 bits per heavy atom. The highest BCUT2D eigenvalue weighted by Crippen LogP contribution is 2.42. The van der Waals surface area contributed by atoms with E-state index >= 15 is 0 Å². The van der Waals surface area contributed by atoms with E-state index in [9.17, 15) is 9.90 Å². The highest BCUT2D eigenvalue weighted by molar-refractivity contribution is 7.15. The standard InChI is InChI=1S/C24H32N4O2S/c1-23(2,3)16-11-15(12-17(20(16)29)24(4,5)6)19-14-31-22-25-21(30)18(26-28(19)22)13-27-9-7-8-10-27/h11-12,14,29H,7-10,13H2,1-6H3. The van der Waals surface area contributed by atoms with Crippen molar-refractivity contribution in [2.24, 2.45) is 0 Å². The van der Waals surface area contributed by atoms with Gasteiger partial charge in [0.2, 0.25) is 4.96 Å². The van der Waals surface area contributed by atoms with Gasteiger partial charge in [-0.05, 0) is 48.9 Å². The van der Waals surface area contributed by atoms with Crippen molar-refractivity contribution in [3.63, 3.8) is 0 Å². The van der Waals surface area contributed by atoms with Crippen molar-refractivity contribution in [1.29, 1.82) is 0 Å². The third-order valence-electron chi connectivity index (χ3n) is 5.94. The van der Waals surface area contributed by atoms with Gasteiger partial charge in [0, 0.05) is 28.6 Å². The first-order valence-electron chi connectivity index (χ1n) is 10.9. The molecule has 0 radical (unpaired) electrons. The number of benzene rings is 1. The molecule has 0 unspecified atom stereocenters. The van der Waals surface area contributed by atoms with Gasteiger partial charge >= 0.3 is 0 Å². The van der Waals surface area contributed by atoms with E-state index in [0.29, 0.717) is 22.9 Å². The second-order valence-corrected chi connectivity index (χ2v) is 11.4. The summed E-state index contributed by atoms with van der Waals surface area (Å²) in [6.45, 7) is 15.2. The number of rotatable bonds is 3. The van der Waals surface area contributed by atoms with Crippen LogP contribution in [0.2, 0.25) is 0 Å². The Balaban J connectivity index is 1.89. The van der Waals surface area contributed by atoms with Crippen LogP contribution in [0.15, 0.2) is 22.3 Å². The van der Waals surface area contributed by atoms with E-state index in [-0.39, 0.29) is 16.4 Å². The summed E-state index contributed by atoms with van der Waals surface area (Å²) in [4.78, 5) is 19.7. The lowest BCUT2D eigenvalue weighted by atomic mass is 9.78. The fourth-order valence-electron chi connectivity index (χ4n) is 4.16. The van der Waals surface area contributed by atoms with Gasteiger partial charge in [-0.3, -0.25) is 9.69 Å². The highest BCUT2D eigenvalue weighted by atomic mass is 32.1. The molecular formula is C24H32N4O2S. The van der Waals surface area contributed by atoms with E-state index in [1.54, 1.807) is 4.52 Å². The van der Waals surface area contributed by atoms with Gasteiger partial charge in [-0.2, -0.15) is 10.1 Å². The number of phenolic OH excluding ortho intramolecular Hbond substituents is 1. The summed E-state index contributed by atoms with van der Waals surface area (Å²) < 4.78 is 1.79. The summed E-state index contributed by atoms with van der Waals surface area (Å²) in [5.74, 6) is 0.357. The average molecular weight is 441 g/mol. The summed E-state index contributed by atoms with van der Waals surface area (Å²) in [6, 6.07) is 4.10. The Bertz CT molecular complexity index is 1140. The van der Waals surface area contributed by atoms with E-state index in [1.807, 2.05) is 17.5 Å². The maximum absolute atomic E-state index is 12.5. The maximum Gasteiger partial charge on any atom is 0.297 e. The zero-order valence-electron chi connectivity index (χ0n) is 19.3. The van der Waals surface area contributed by atoms with Crippen molar-refractivity contribution >= 4 is 16.3 Å². The Labute approximate surface area is 187 Å². The van der Waals surface area contributed by atoms with Crippen LogP contribution >= 0.6 is 11.3 Å². The normalized spacial score (nSPS) is 15.8. The molecular weight excluding hydrogens is 408 g/mol. The fourth-order valence-corrected chi connectivity index (χ4v) is 4.99. The summed E-state index contributed by atoms with van der Waals surface area (Å²) in [5.41, 5.74) is 3.49. The third-order valence-corrected chi connectivity index (χ3v) is 6.76. The molecule has 1 fully saturated rings. The molecule has 6 nitrogen and oxygen atoms in total. The minimum atomic E-state index is -0.239. The van der Waals surface area contributed by atoms with Gasteiger partial charge in [0.1, 0.15) is 11.4 Å². The SMILES string of the molecule is CC(C)(C)c1cc(-c2csc3nc(=O)c(CN4CCCC4)nn23)cc(C(C)(C)C)c1O. The molecule has 0 spiro atoms. The Hall–Kier alpha value is -2.25. The number of nitrogens with zero attached hydrogens (tertiary/aromatic N) is 4. The van der Waals surface area contributed by atoms with Crippen LogP contribution in [0.5, 0.6) is 5.75 Å². The molecule has 4 rings (SSSR count). The number of likely N-dealkylation sites (tertiary alicyclic amines) is 1. The molecule has 0 atom stereocenters. The van der Waals surface area contributed by atoms with Crippen molar-refractivity contribution < 1.29 is 5.11 Å². The van der Waals surface area contributed by atoms with Crippen molar-refractivity contribution in [2.75, 3.05) is 13.1 Å². The molecule has 1 aromatic carbocycles. The van der Waals surface area contributed by atoms with Crippen molar-refractivity contribution in [3.05, 3.63) is 44.7 Å². The molecule has 2 aromatic heterocycles.